The number of hydrogen-bond donors (Lipinski definition) is 0. The summed E-state index contributed by atoms with van der Waals surface area (Å²) < 4.78 is 32.6. The van der Waals surface area contributed by atoms with Crippen molar-refractivity contribution in [1.29, 1.82) is 0 Å². The third-order valence-electron chi connectivity index (χ3n) is 3.31. The van der Waals surface area contributed by atoms with Crippen LogP contribution in [0.25, 0.3) is 0 Å². The van der Waals surface area contributed by atoms with Crippen molar-refractivity contribution < 1.29 is 57.1 Å². The Kier molecular flexibility index (Phi) is 22.3. The molecule has 0 heterocycles. The van der Waals surface area contributed by atoms with Gasteiger partial charge in [0.15, 0.2) is 5.56 Å². The van der Waals surface area contributed by atoms with Gasteiger partial charge >= 0.3 is 30.2 Å². The Labute approximate surface area is 215 Å². The lowest BCUT2D eigenvalue weighted by molar-refractivity contribution is -0.162. The number of esters is 3. The average molecular weight is 537 g/mol. The number of hydrogen-bond acceptors (Lipinski definition) is 12. The molecule has 0 amide bonds. The second-order valence-corrected chi connectivity index (χ2v) is 6.96. The molecule has 36 heavy (non-hydrogen) atoms. The Hall–Kier alpha value is -3.54. The van der Waals surface area contributed by atoms with Crippen LogP contribution in [0.5, 0.6) is 0 Å². The SMILES string of the molecule is C=CC(=O)OCCCCOC(=O)OC(C)Cl.C=CC(=O)OCCCCOC(=O)OC(C)OC(=O)C=C. The van der Waals surface area contributed by atoms with E-state index < -0.39 is 42.1 Å². The monoisotopic (exact) mass is 536 g/mol. The van der Waals surface area contributed by atoms with E-state index in [4.69, 9.17) is 25.8 Å². The van der Waals surface area contributed by atoms with E-state index in [1.54, 1.807) is 0 Å². The summed E-state index contributed by atoms with van der Waals surface area (Å²) >= 11 is 5.40. The standard InChI is InChI=1S/C13H18O7.C10H15ClO5/c1-4-11(14)17-8-6-7-9-18-13(16)20-10(3)19-12(15)5-2;1-3-9(12)14-6-4-5-7-15-10(13)16-8(2)11/h4-5,10H,1-2,6-9H2,3H3;3,8H,1,4-7H2,2H3. The van der Waals surface area contributed by atoms with Crippen LogP contribution < -0.4 is 0 Å². The van der Waals surface area contributed by atoms with Gasteiger partial charge in [0, 0.05) is 25.2 Å². The zero-order chi connectivity index (χ0) is 27.8. The van der Waals surface area contributed by atoms with Crippen LogP contribution in [-0.2, 0) is 47.5 Å². The van der Waals surface area contributed by atoms with E-state index >= 15 is 0 Å². The first-order valence-corrected chi connectivity index (χ1v) is 11.2. The maximum Gasteiger partial charge on any atom is 0.511 e. The zero-order valence-corrected chi connectivity index (χ0v) is 21.2. The minimum atomic E-state index is -1.05. The Balaban J connectivity index is 0. The minimum absolute atomic E-state index is 0.104. The van der Waals surface area contributed by atoms with Crippen LogP contribution in [0.4, 0.5) is 9.59 Å². The second kappa shape index (κ2) is 23.2. The summed E-state index contributed by atoms with van der Waals surface area (Å²) in [4.78, 5) is 54.1. The second-order valence-electron chi connectivity index (χ2n) is 6.34. The number of carbonyl (C=O) groups excluding carboxylic acids is 5. The lowest BCUT2D eigenvalue weighted by Gasteiger charge is -2.12. The first-order valence-electron chi connectivity index (χ1n) is 10.8. The number of halogens is 1. The maximum absolute atomic E-state index is 11.2. The average Bonchev–Trinajstić information content (AvgIpc) is 2.82. The molecule has 0 aliphatic heterocycles. The molecule has 0 saturated carbocycles. The summed E-state index contributed by atoms with van der Waals surface area (Å²) in [6.07, 6.45) is 2.53. The molecule has 0 aliphatic carbocycles. The quantitative estimate of drug-likeness (QED) is 0.0701. The van der Waals surface area contributed by atoms with Gasteiger partial charge in [-0.25, -0.2) is 24.0 Å². The van der Waals surface area contributed by atoms with Crippen molar-refractivity contribution in [3.05, 3.63) is 38.0 Å². The van der Waals surface area contributed by atoms with Gasteiger partial charge in [0.2, 0.25) is 6.29 Å². The smallest absolute Gasteiger partial charge is 0.463 e. The molecule has 0 bridgehead atoms. The van der Waals surface area contributed by atoms with Gasteiger partial charge in [0.05, 0.1) is 26.4 Å². The lowest BCUT2D eigenvalue weighted by atomic mass is 10.3. The summed E-state index contributed by atoms with van der Waals surface area (Å²) in [6.45, 7) is 13.4. The molecule has 13 heteroatoms. The fourth-order valence-corrected chi connectivity index (χ4v) is 1.83. The Morgan fingerprint density at radius 3 is 1.33 bits per heavy atom. The van der Waals surface area contributed by atoms with E-state index in [1.807, 2.05) is 0 Å². The number of alkyl halides is 1. The maximum atomic E-state index is 11.2. The van der Waals surface area contributed by atoms with Crippen LogP contribution >= 0.6 is 11.6 Å². The first-order chi connectivity index (χ1) is 17.0. The number of ether oxygens (including phenoxy) is 7. The molecule has 2 atom stereocenters. The summed E-state index contributed by atoms with van der Waals surface area (Å²) in [5.74, 6) is -1.66. The molecule has 0 spiro atoms. The van der Waals surface area contributed by atoms with Crippen LogP contribution in [0.1, 0.15) is 39.5 Å². The third-order valence-corrected chi connectivity index (χ3v) is 3.40. The molecule has 0 aromatic heterocycles. The van der Waals surface area contributed by atoms with E-state index in [0.717, 1.165) is 18.2 Å². The molecule has 0 aromatic rings. The van der Waals surface area contributed by atoms with Crippen LogP contribution in [0.3, 0.4) is 0 Å². The highest BCUT2D eigenvalue weighted by Gasteiger charge is 2.13. The van der Waals surface area contributed by atoms with Gasteiger partial charge in [0.25, 0.3) is 0 Å². The number of rotatable bonds is 16. The lowest BCUT2D eigenvalue weighted by Crippen LogP contribution is -2.21. The van der Waals surface area contributed by atoms with Crippen LogP contribution in [0.15, 0.2) is 38.0 Å². The molecular weight excluding hydrogens is 504 g/mol. The zero-order valence-electron chi connectivity index (χ0n) is 20.4. The van der Waals surface area contributed by atoms with Crippen molar-refractivity contribution in [2.45, 2.75) is 51.4 Å². The largest absolute Gasteiger partial charge is 0.511 e. The van der Waals surface area contributed by atoms with Crippen LogP contribution in [0, 0.1) is 0 Å². The summed E-state index contributed by atoms with van der Waals surface area (Å²) in [5.41, 5.74) is -0.707. The molecule has 0 fully saturated rings. The molecule has 0 rings (SSSR count). The minimum Gasteiger partial charge on any atom is -0.463 e. The van der Waals surface area contributed by atoms with Crippen molar-refractivity contribution >= 4 is 41.8 Å². The van der Waals surface area contributed by atoms with Gasteiger partial charge in [-0.1, -0.05) is 31.3 Å². The van der Waals surface area contributed by atoms with Gasteiger partial charge in [0.1, 0.15) is 0 Å². The van der Waals surface area contributed by atoms with Crippen LogP contribution in [0.2, 0.25) is 0 Å². The van der Waals surface area contributed by atoms with E-state index in [2.05, 4.69) is 38.7 Å². The number of unbranched alkanes of at least 4 members (excludes halogenated alkanes) is 2. The molecule has 0 saturated heterocycles. The summed E-state index contributed by atoms with van der Waals surface area (Å²) in [6, 6.07) is 0. The van der Waals surface area contributed by atoms with Crippen molar-refractivity contribution in [1.82, 2.24) is 0 Å². The topological polar surface area (TPSA) is 150 Å². The van der Waals surface area contributed by atoms with Crippen LogP contribution in [-0.4, -0.2) is 68.5 Å². The van der Waals surface area contributed by atoms with Gasteiger partial charge in [-0.2, -0.15) is 0 Å². The van der Waals surface area contributed by atoms with Crippen molar-refractivity contribution in [3.63, 3.8) is 0 Å². The highest BCUT2D eigenvalue weighted by Crippen LogP contribution is 2.01. The van der Waals surface area contributed by atoms with Gasteiger partial charge in [-0.15, -0.1) is 0 Å². The molecule has 0 N–H and O–H groups in total. The van der Waals surface area contributed by atoms with Gasteiger partial charge in [-0.05, 0) is 32.6 Å². The Morgan fingerprint density at radius 2 is 0.972 bits per heavy atom. The van der Waals surface area contributed by atoms with Crippen molar-refractivity contribution in [3.8, 4) is 0 Å². The van der Waals surface area contributed by atoms with E-state index in [1.165, 1.54) is 13.8 Å². The molecular formula is C23H33ClO12. The van der Waals surface area contributed by atoms with Crippen molar-refractivity contribution in [2.24, 2.45) is 0 Å². The highest BCUT2D eigenvalue weighted by molar-refractivity contribution is 6.19. The van der Waals surface area contributed by atoms with E-state index in [9.17, 15) is 24.0 Å². The molecule has 2 unspecified atom stereocenters. The fourth-order valence-electron chi connectivity index (χ4n) is 1.75. The predicted molar refractivity (Wildman–Crippen MR) is 127 cm³/mol. The molecule has 0 aromatic carbocycles. The van der Waals surface area contributed by atoms with Crippen molar-refractivity contribution in [2.75, 3.05) is 26.4 Å². The normalized spacial score (nSPS) is 11.1. The Bertz CT molecular complexity index is 720. The van der Waals surface area contributed by atoms with E-state index in [0.29, 0.717) is 25.7 Å². The molecule has 0 aliphatic rings. The third kappa shape index (κ3) is 25.1. The highest BCUT2D eigenvalue weighted by atomic mass is 35.5. The summed E-state index contributed by atoms with van der Waals surface area (Å²) in [7, 11) is 0. The molecule has 12 nitrogen and oxygen atoms in total. The molecule has 204 valence electrons. The Morgan fingerprint density at radius 1 is 0.611 bits per heavy atom. The summed E-state index contributed by atoms with van der Waals surface area (Å²) in [5, 5.41) is 0. The van der Waals surface area contributed by atoms with E-state index in [-0.39, 0.29) is 26.4 Å². The molecule has 0 radical (unpaired) electrons. The number of carbonyl (C=O) groups is 5. The van der Waals surface area contributed by atoms with Gasteiger partial charge in [-0.3, -0.25) is 0 Å². The first kappa shape index (κ1) is 34.6. The fraction of sp³-hybridized carbons (Fsp3) is 0.522. The van der Waals surface area contributed by atoms with Gasteiger partial charge < -0.3 is 33.2 Å². The predicted octanol–water partition coefficient (Wildman–Crippen LogP) is 3.96.